The SMILES string of the molecule is CC[C@H](C)[C@H](NC(=O)[C@H](Cc1ccccc1)N(C)C(=O)[C@H](C)C1(C)C(=O)C1NC)C(=O)NC. The van der Waals surface area contributed by atoms with Crippen LogP contribution in [0.25, 0.3) is 0 Å². The minimum absolute atomic E-state index is 0.000220. The second-order valence-corrected chi connectivity index (χ2v) is 9.23. The van der Waals surface area contributed by atoms with Gasteiger partial charge in [-0.05, 0) is 25.5 Å². The summed E-state index contributed by atoms with van der Waals surface area (Å²) in [6.07, 6.45) is 1.00. The van der Waals surface area contributed by atoms with E-state index in [-0.39, 0.29) is 29.6 Å². The maximum absolute atomic E-state index is 13.5. The van der Waals surface area contributed by atoms with Crippen LogP contribution in [0.2, 0.25) is 0 Å². The first-order chi connectivity index (χ1) is 15.5. The molecule has 182 valence electrons. The summed E-state index contributed by atoms with van der Waals surface area (Å²) >= 11 is 0. The van der Waals surface area contributed by atoms with E-state index in [0.717, 1.165) is 5.56 Å². The molecule has 1 aromatic rings. The molecule has 0 saturated heterocycles. The number of ketones is 1. The van der Waals surface area contributed by atoms with Gasteiger partial charge in [0.15, 0.2) is 5.78 Å². The number of hydrogen-bond acceptors (Lipinski definition) is 5. The van der Waals surface area contributed by atoms with Crippen molar-refractivity contribution < 1.29 is 19.2 Å². The molecule has 2 rings (SSSR count). The number of carbonyl (C=O) groups is 4. The van der Waals surface area contributed by atoms with Crippen LogP contribution in [0.1, 0.15) is 39.7 Å². The van der Waals surface area contributed by atoms with Crippen molar-refractivity contribution >= 4 is 23.5 Å². The van der Waals surface area contributed by atoms with Crippen LogP contribution >= 0.6 is 0 Å². The number of rotatable bonds is 11. The molecule has 0 spiro atoms. The monoisotopic (exact) mass is 458 g/mol. The van der Waals surface area contributed by atoms with E-state index in [1.165, 1.54) is 11.9 Å². The Morgan fingerprint density at radius 2 is 1.70 bits per heavy atom. The Morgan fingerprint density at radius 3 is 2.18 bits per heavy atom. The molecule has 0 aliphatic heterocycles. The van der Waals surface area contributed by atoms with Crippen molar-refractivity contribution in [3.05, 3.63) is 35.9 Å². The lowest BCUT2D eigenvalue weighted by Crippen LogP contribution is -2.57. The maximum atomic E-state index is 13.5. The zero-order chi connectivity index (χ0) is 24.9. The van der Waals surface area contributed by atoms with Crippen LogP contribution in [0.4, 0.5) is 0 Å². The first-order valence-electron chi connectivity index (χ1n) is 11.6. The fraction of sp³-hybridized carbons (Fsp3) is 0.600. The number of Topliss-reactive ketones (excluding diaryl/α,β-unsaturated/α-hetero) is 1. The van der Waals surface area contributed by atoms with Crippen molar-refractivity contribution in [3.8, 4) is 0 Å². The summed E-state index contributed by atoms with van der Waals surface area (Å²) in [5, 5.41) is 8.45. The van der Waals surface area contributed by atoms with Gasteiger partial charge in [0.05, 0.1) is 11.5 Å². The van der Waals surface area contributed by atoms with E-state index < -0.39 is 29.3 Å². The molecule has 1 saturated carbocycles. The van der Waals surface area contributed by atoms with Gasteiger partial charge in [-0.1, -0.05) is 57.5 Å². The Morgan fingerprint density at radius 1 is 1.09 bits per heavy atom. The molecule has 8 heteroatoms. The zero-order valence-electron chi connectivity index (χ0n) is 20.8. The fourth-order valence-electron chi connectivity index (χ4n) is 4.38. The van der Waals surface area contributed by atoms with Gasteiger partial charge in [-0.15, -0.1) is 0 Å². The first-order valence-corrected chi connectivity index (χ1v) is 11.6. The average Bonchev–Trinajstić information content (AvgIpc) is 3.38. The highest BCUT2D eigenvalue weighted by molar-refractivity contribution is 6.10. The smallest absolute Gasteiger partial charge is 0.243 e. The van der Waals surface area contributed by atoms with Crippen molar-refractivity contribution in [1.82, 2.24) is 20.9 Å². The van der Waals surface area contributed by atoms with Crippen LogP contribution < -0.4 is 16.0 Å². The summed E-state index contributed by atoms with van der Waals surface area (Å²) in [5.74, 6) is -1.62. The number of nitrogens with zero attached hydrogens (tertiary/aromatic N) is 1. The van der Waals surface area contributed by atoms with Crippen LogP contribution in [0, 0.1) is 17.3 Å². The highest BCUT2D eigenvalue weighted by Crippen LogP contribution is 2.48. The first kappa shape index (κ1) is 26.5. The van der Waals surface area contributed by atoms with Crippen LogP contribution in [0.15, 0.2) is 30.3 Å². The lowest BCUT2D eigenvalue weighted by Gasteiger charge is -2.33. The van der Waals surface area contributed by atoms with Gasteiger partial charge in [-0.2, -0.15) is 0 Å². The minimum Gasteiger partial charge on any atom is -0.357 e. The highest BCUT2D eigenvalue weighted by atomic mass is 16.2. The highest BCUT2D eigenvalue weighted by Gasteiger charge is 2.65. The van der Waals surface area contributed by atoms with Gasteiger partial charge in [0.25, 0.3) is 0 Å². The van der Waals surface area contributed by atoms with Crippen molar-refractivity contribution in [3.63, 3.8) is 0 Å². The largest absolute Gasteiger partial charge is 0.357 e. The quantitative estimate of drug-likeness (QED) is 0.461. The molecule has 6 atom stereocenters. The number of amides is 3. The third kappa shape index (κ3) is 5.43. The summed E-state index contributed by atoms with van der Waals surface area (Å²) in [7, 11) is 4.83. The van der Waals surface area contributed by atoms with Gasteiger partial charge >= 0.3 is 0 Å². The molecule has 3 amide bonds. The van der Waals surface area contributed by atoms with E-state index >= 15 is 0 Å². The lowest BCUT2D eigenvalue weighted by atomic mass is 9.89. The van der Waals surface area contributed by atoms with Crippen LogP contribution in [-0.4, -0.2) is 67.7 Å². The topological polar surface area (TPSA) is 108 Å². The summed E-state index contributed by atoms with van der Waals surface area (Å²) in [6.45, 7) is 7.37. The van der Waals surface area contributed by atoms with Crippen LogP contribution in [0.3, 0.4) is 0 Å². The lowest BCUT2D eigenvalue weighted by molar-refractivity contribution is -0.144. The van der Waals surface area contributed by atoms with Gasteiger partial charge in [0.1, 0.15) is 12.1 Å². The van der Waals surface area contributed by atoms with Crippen LogP contribution in [0.5, 0.6) is 0 Å². The molecule has 1 aliphatic carbocycles. The van der Waals surface area contributed by atoms with E-state index in [2.05, 4.69) is 16.0 Å². The van der Waals surface area contributed by atoms with E-state index in [4.69, 9.17) is 0 Å². The third-order valence-electron chi connectivity index (χ3n) is 7.30. The average molecular weight is 459 g/mol. The normalized spacial score (nSPS) is 23.1. The molecule has 0 bridgehead atoms. The second kappa shape index (κ2) is 10.9. The molecule has 1 aliphatic rings. The Bertz CT molecular complexity index is 874. The molecule has 1 aromatic carbocycles. The molecular weight excluding hydrogens is 420 g/mol. The molecule has 33 heavy (non-hydrogen) atoms. The van der Waals surface area contributed by atoms with Gasteiger partial charge in [-0.25, -0.2) is 0 Å². The summed E-state index contributed by atoms with van der Waals surface area (Å²) in [5.41, 5.74) is 0.0988. The Labute approximate surface area is 196 Å². The predicted octanol–water partition coefficient (Wildman–Crippen LogP) is 1.15. The molecule has 2 unspecified atom stereocenters. The Hall–Kier alpha value is -2.74. The Balaban J connectivity index is 2.31. The number of hydrogen-bond donors (Lipinski definition) is 3. The van der Waals surface area contributed by atoms with Crippen molar-refractivity contribution in [2.45, 2.75) is 58.7 Å². The van der Waals surface area contributed by atoms with Crippen molar-refractivity contribution in [1.29, 1.82) is 0 Å². The van der Waals surface area contributed by atoms with E-state index in [0.29, 0.717) is 12.8 Å². The number of benzene rings is 1. The molecule has 3 N–H and O–H groups in total. The number of likely N-dealkylation sites (N-methyl/N-ethyl adjacent to an activating group) is 3. The second-order valence-electron chi connectivity index (χ2n) is 9.23. The van der Waals surface area contributed by atoms with E-state index in [1.54, 1.807) is 27.9 Å². The zero-order valence-corrected chi connectivity index (χ0v) is 20.8. The summed E-state index contributed by atoms with van der Waals surface area (Å²) < 4.78 is 0. The van der Waals surface area contributed by atoms with E-state index in [9.17, 15) is 19.2 Å². The molecule has 1 fully saturated rings. The van der Waals surface area contributed by atoms with Crippen molar-refractivity contribution in [2.24, 2.45) is 17.3 Å². The maximum Gasteiger partial charge on any atom is 0.243 e. The van der Waals surface area contributed by atoms with Crippen molar-refractivity contribution in [2.75, 3.05) is 21.1 Å². The van der Waals surface area contributed by atoms with Gasteiger partial charge in [-0.3, -0.25) is 19.2 Å². The summed E-state index contributed by atoms with van der Waals surface area (Å²) in [6, 6.07) is 7.54. The molecular formula is C25H38N4O4. The van der Waals surface area contributed by atoms with Gasteiger partial charge in [0, 0.05) is 26.4 Å². The fourth-order valence-corrected chi connectivity index (χ4v) is 4.38. The molecule has 0 heterocycles. The van der Waals surface area contributed by atoms with E-state index in [1.807, 2.05) is 44.2 Å². The molecule has 0 radical (unpaired) electrons. The summed E-state index contributed by atoms with van der Waals surface area (Å²) in [4.78, 5) is 53.1. The Kier molecular flexibility index (Phi) is 8.77. The predicted molar refractivity (Wildman–Crippen MR) is 127 cm³/mol. The van der Waals surface area contributed by atoms with Gasteiger partial charge < -0.3 is 20.9 Å². The number of carbonyl (C=O) groups excluding carboxylic acids is 4. The molecule has 8 nitrogen and oxygen atoms in total. The third-order valence-corrected chi connectivity index (χ3v) is 7.30. The minimum atomic E-state index is -0.830. The molecule has 0 aromatic heterocycles. The van der Waals surface area contributed by atoms with Gasteiger partial charge in [0.2, 0.25) is 17.7 Å². The number of nitrogens with one attached hydrogen (secondary N) is 3. The standard InChI is InChI=1S/C25H38N4O4/c1-8-15(2)19(23(32)27-6)28-22(31)18(14-17-12-10-9-11-13-17)29(7)24(33)16(3)25(4)20(26-5)21(25)30/h9-13,15-16,18-20,26H,8,14H2,1-7H3,(H,27,32)(H,28,31)/t15-,16-,18-,19-,20?,25?/m0/s1. The van der Waals surface area contributed by atoms with Crippen LogP contribution in [-0.2, 0) is 25.6 Å².